The summed E-state index contributed by atoms with van der Waals surface area (Å²) in [5.41, 5.74) is 7.11. The van der Waals surface area contributed by atoms with Gasteiger partial charge >= 0.3 is 6.01 Å². The lowest BCUT2D eigenvalue weighted by molar-refractivity contribution is -0.191. The third-order valence-electron chi connectivity index (χ3n) is 6.35. The van der Waals surface area contributed by atoms with Crippen molar-refractivity contribution in [1.29, 1.82) is 0 Å². The lowest BCUT2D eigenvalue weighted by Gasteiger charge is -2.24. The number of nitrogen functional groups attached to an aromatic ring is 1. The molecule has 0 bridgehead atoms. The van der Waals surface area contributed by atoms with Crippen molar-refractivity contribution >= 4 is 22.9 Å². The Hall–Kier alpha value is -2.80. The molecule has 3 aliphatic rings. The number of nitrogens with zero attached hydrogens (tertiary/aromatic N) is 5. The van der Waals surface area contributed by atoms with Crippen LogP contribution in [0, 0.1) is 0 Å². The Morgan fingerprint density at radius 1 is 1.26 bits per heavy atom. The molecule has 4 atom stereocenters. The maximum Gasteiger partial charge on any atom is 0.320 e. The molecule has 2 saturated heterocycles. The minimum Gasteiger partial charge on any atom is -0.460 e. The number of amides is 1. The lowest BCUT2D eigenvalue weighted by atomic mass is 10.1. The molecule has 184 valence electrons. The molecule has 0 aromatic carbocycles. The van der Waals surface area contributed by atoms with E-state index in [1.165, 1.54) is 20.2 Å². The summed E-state index contributed by atoms with van der Waals surface area (Å²) >= 11 is 0. The van der Waals surface area contributed by atoms with Gasteiger partial charge in [-0.05, 0) is 45.6 Å². The molecule has 2 N–H and O–H groups in total. The van der Waals surface area contributed by atoms with Gasteiger partial charge in [-0.2, -0.15) is 9.97 Å². The zero-order valence-corrected chi connectivity index (χ0v) is 19.7. The number of imidazole rings is 1. The van der Waals surface area contributed by atoms with Crippen LogP contribution in [-0.2, 0) is 23.8 Å². The first kappa shape index (κ1) is 23.0. The van der Waals surface area contributed by atoms with Crippen molar-refractivity contribution in [2.24, 2.45) is 0 Å². The molecule has 4 heterocycles. The second kappa shape index (κ2) is 8.77. The fraction of sp³-hybridized carbons (Fsp3) is 0.636. The number of carbonyl (C=O) groups excluding carboxylic acids is 1. The quantitative estimate of drug-likeness (QED) is 0.487. The number of hydroxylamine groups is 2. The second-order valence-electron chi connectivity index (χ2n) is 9.17. The molecule has 1 amide bonds. The highest BCUT2D eigenvalue weighted by Crippen LogP contribution is 2.44. The van der Waals surface area contributed by atoms with Crippen LogP contribution in [0.25, 0.3) is 11.2 Å². The van der Waals surface area contributed by atoms with Gasteiger partial charge in [-0.1, -0.05) is 0 Å². The van der Waals surface area contributed by atoms with Crippen LogP contribution in [0.5, 0.6) is 6.01 Å². The SMILES string of the molecule is CON(C)C(=O)/C=C/[C@H]1O[C@@H](n2cnc3c(N)nc(OC4CCCC4)nc32)[C@@H]2OC(C)(C)O[C@@H]21. The molecule has 0 spiro atoms. The number of anilines is 1. The van der Waals surface area contributed by atoms with E-state index in [0.29, 0.717) is 11.2 Å². The van der Waals surface area contributed by atoms with Gasteiger partial charge in [0.25, 0.3) is 5.91 Å². The summed E-state index contributed by atoms with van der Waals surface area (Å²) < 4.78 is 26.3. The van der Waals surface area contributed by atoms with Crippen molar-refractivity contribution in [3.63, 3.8) is 0 Å². The molecular weight excluding hydrogens is 444 g/mol. The number of nitrogens with two attached hydrogens (primary N) is 1. The van der Waals surface area contributed by atoms with E-state index in [-0.39, 0.29) is 23.8 Å². The van der Waals surface area contributed by atoms with Crippen LogP contribution >= 0.6 is 0 Å². The van der Waals surface area contributed by atoms with E-state index in [2.05, 4.69) is 15.0 Å². The number of hydrogen-bond donors (Lipinski definition) is 1. The van der Waals surface area contributed by atoms with Crippen LogP contribution in [0.1, 0.15) is 45.8 Å². The van der Waals surface area contributed by atoms with Crippen molar-refractivity contribution in [1.82, 2.24) is 24.6 Å². The average molecular weight is 475 g/mol. The Kier molecular flexibility index (Phi) is 5.92. The standard InChI is InChI=1S/C22H30N6O6/c1-22(2)33-16-13(9-10-14(29)27(3)30-4)32-20(17(16)34-22)28-11-24-15-18(23)25-21(26-19(15)28)31-12-7-5-6-8-12/h9-13,16-17,20H,5-8H2,1-4H3,(H2,23,25,26)/b10-9+/t13-,16-,17-,20-/m1/s1. The molecule has 2 aliphatic heterocycles. The van der Waals surface area contributed by atoms with Crippen LogP contribution in [0.3, 0.4) is 0 Å². The first-order chi connectivity index (χ1) is 16.3. The minimum absolute atomic E-state index is 0.0879. The van der Waals surface area contributed by atoms with Gasteiger partial charge in [-0.25, -0.2) is 10.0 Å². The summed E-state index contributed by atoms with van der Waals surface area (Å²) in [6.45, 7) is 3.68. The zero-order chi connectivity index (χ0) is 24.0. The molecule has 1 aliphatic carbocycles. The first-order valence-electron chi connectivity index (χ1n) is 11.4. The van der Waals surface area contributed by atoms with Gasteiger partial charge < -0.3 is 24.7 Å². The molecule has 2 aromatic heterocycles. The third kappa shape index (κ3) is 4.22. The Morgan fingerprint density at radius 3 is 2.74 bits per heavy atom. The summed E-state index contributed by atoms with van der Waals surface area (Å²) in [6, 6.07) is 0.224. The van der Waals surface area contributed by atoms with E-state index >= 15 is 0 Å². The maximum atomic E-state index is 12.2. The second-order valence-corrected chi connectivity index (χ2v) is 9.17. The van der Waals surface area contributed by atoms with Gasteiger partial charge in [0, 0.05) is 13.1 Å². The van der Waals surface area contributed by atoms with Crippen molar-refractivity contribution < 1.29 is 28.6 Å². The van der Waals surface area contributed by atoms with Gasteiger partial charge in [0.2, 0.25) is 0 Å². The normalized spacial score (nSPS) is 28.7. The highest BCUT2D eigenvalue weighted by molar-refractivity contribution is 5.86. The summed E-state index contributed by atoms with van der Waals surface area (Å²) in [7, 11) is 2.95. The van der Waals surface area contributed by atoms with Crippen molar-refractivity contribution in [3.05, 3.63) is 18.5 Å². The highest BCUT2D eigenvalue weighted by Gasteiger charge is 2.55. The van der Waals surface area contributed by atoms with Crippen LogP contribution < -0.4 is 10.5 Å². The van der Waals surface area contributed by atoms with E-state index in [1.807, 2.05) is 13.8 Å². The van der Waals surface area contributed by atoms with Gasteiger partial charge in [-0.15, -0.1) is 0 Å². The number of aromatic nitrogens is 4. The van der Waals surface area contributed by atoms with Gasteiger partial charge in [-0.3, -0.25) is 14.2 Å². The number of carbonyl (C=O) groups is 1. The smallest absolute Gasteiger partial charge is 0.320 e. The Bertz CT molecular complexity index is 1100. The van der Waals surface area contributed by atoms with Crippen LogP contribution in [0.4, 0.5) is 5.82 Å². The Morgan fingerprint density at radius 2 is 2.00 bits per heavy atom. The maximum absolute atomic E-state index is 12.2. The molecule has 12 heteroatoms. The van der Waals surface area contributed by atoms with Crippen molar-refractivity contribution in [2.45, 2.75) is 76.0 Å². The molecule has 12 nitrogen and oxygen atoms in total. The molecule has 3 fully saturated rings. The monoisotopic (exact) mass is 474 g/mol. The topological polar surface area (TPSA) is 136 Å². The number of hydrogen-bond acceptors (Lipinski definition) is 10. The van der Waals surface area contributed by atoms with Crippen molar-refractivity contribution in [3.8, 4) is 6.01 Å². The minimum atomic E-state index is -0.822. The molecule has 5 rings (SSSR count). The molecule has 1 saturated carbocycles. The Balaban J connectivity index is 1.46. The molecule has 2 aromatic rings. The largest absolute Gasteiger partial charge is 0.460 e. The summed E-state index contributed by atoms with van der Waals surface area (Å²) in [6.07, 6.45) is 6.87. The summed E-state index contributed by atoms with van der Waals surface area (Å²) in [4.78, 5) is 30.4. The fourth-order valence-corrected chi connectivity index (χ4v) is 4.67. The number of fused-ring (bicyclic) bond motifs is 2. The molecule has 0 unspecified atom stereocenters. The van der Waals surface area contributed by atoms with Crippen molar-refractivity contribution in [2.75, 3.05) is 19.9 Å². The Labute approximate surface area is 196 Å². The first-order valence-corrected chi connectivity index (χ1v) is 11.4. The summed E-state index contributed by atoms with van der Waals surface area (Å²) in [5.74, 6) is -0.913. The predicted molar refractivity (Wildman–Crippen MR) is 119 cm³/mol. The zero-order valence-electron chi connectivity index (χ0n) is 19.7. The van der Waals surface area contributed by atoms with E-state index in [4.69, 9.17) is 29.5 Å². The third-order valence-corrected chi connectivity index (χ3v) is 6.35. The van der Waals surface area contributed by atoms with E-state index in [1.54, 1.807) is 17.0 Å². The van der Waals surface area contributed by atoms with E-state index in [9.17, 15) is 4.79 Å². The average Bonchev–Trinajstić information content (AvgIpc) is 3.56. The predicted octanol–water partition coefficient (Wildman–Crippen LogP) is 1.72. The van der Waals surface area contributed by atoms with Gasteiger partial charge in [0.15, 0.2) is 29.0 Å². The molecule has 34 heavy (non-hydrogen) atoms. The molecule has 0 radical (unpaired) electrons. The number of ether oxygens (including phenoxy) is 4. The lowest BCUT2D eigenvalue weighted by Crippen LogP contribution is -2.29. The van der Waals surface area contributed by atoms with Gasteiger partial charge in [0.1, 0.15) is 24.4 Å². The van der Waals surface area contributed by atoms with E-state index < -0.39 is 30.3 Å². The number of rotatable bonds is 6. The van der Waals surface area contributed by atoms with Crippen LogP contribution in [0.15, 0.2) is 18.5 Å². The fourth-order valence-electron chi connectivity index (χ4n) is 4.67. The summed E-state index contributed by atoms with van der Waals surface area (Å²) in [5, 5.41) is 1.12. The number of likely N-dealkylation sites (N-methyl/N-ethyl adjacent to an activating group) is 1. The van der Waals surface area contributed by atoms with Crippen LogP contribution in [0.2, 0.25) is 0 Å². The highest BCUT2D eigenvalue weighted by atomic mass is 16.8. The van der Waals surface area contributed by atoms with Crippen LogP contribution in [-0.4, -0.2) is 74.8 Å². The van der Waals surface area contributed by atoms with Gasteiger partial charge in [0.05, 0.1) is 13.4 Å². The van der Waals surface area contributed by atoms with E-state index in [0.717, 1.165) is 30.7 Å². The molecular formula is C22H30N6O6.